The van der Waals surface area contributed by atoms with Gasteiger partial charge in [-0.3, -0.25) is 0 Å². The van der Waals surface area contributed by atoms with Crippen LogP contribution in [-0.4, -0.2) is 26.2 Å². The highest BCUT2D eigenvalue weighted by molar-refractivity contribution is 14.0. The summed E-state index contributed by atoms with van der Waals surface area (Å²) < 4.78 is 18.8. The molecule has 0 saturated carbocycles. The minimum atomic E-state index is -0.227. The van der Waals surface area contributed by atoms with Crippen LogP contribution in [0, 0.1) is 5.82 Å². The fourth-order valence-corrected chi connectivity index (χ4v) is 2.25. The predicted octanol–water partition coefficient (Wildman–Crippen LogP) is 3.75. The molecule has 2 N–H and O–H groups in total. The number of halogens is 2. The Bertz CT molecular complexity index is 662. The van der Waals surface area contributed by atoms with E-state index >= 15 is 0 Å². The molecule has 2 rings (SSSR count). The van der Waals surface area contributed by atoms with E-state index in [4.69, 9.17) is 4.74 Å². The summed E-state index contributed by atoms with van der Waals surface area (Å²) in [7, 11) is 1.66. The SMILES string of the molecule is CCNC(=NCc1ccccc1F)NCCc1ccc(OC)cc1.I. The van der Waals surface area contributed by atoms with Gasteiger partial charge < -0.3 is 15.4 Å². The molecule has 4 nitrogen and oxygen atoms in total. The van der Waals surface area contributed by atoms with E-state index < -0.39 is 0 Å². The van der Waals surface area contributed by atoms with Gasteiger partial charge in [-0.15, -0.1) is 24.0 Å². The average molecular weight is 457 g/mol. The van der Waals surface area contributed by atoms with Crippen molar-refractivity contribution < 1.29 is 9.13 Å². The number of hydrogen-bond donors (Lipinski definition) is 2. The molecule has 0 aromatic heterocycles. The Morgan fingerprint density at radius 1 is 1.08 bits per heavy atom. The quantitative estimate of drug-likeness (QED) is 0.378. The number of methoxy groups -OCH3 is 1. The zero-order valence-electron chi connectivity index (χ0n) is 14.6. The van der Waals surface area contributed by atoms with Crippen LogP contribution in [0.4, 0.5) is 4.39 Å². The van der Waals surface area contributed by atoms with E-state index in [1.54, 1.807) is 19.2 Å². The summed E-state index contributed by atoms with van der Waals surface area (Å²) in [4.78, 5) is 4.44. The fraction of sp³-hybridized carbons (Fsp3) is 0.316. The maximum absolute atomic E-state index is 13.6. The first-order valence-corrected chi connectivity index (χ1v) is 8.11. The number of benzene rings is 2. The molecule has 25 heavy (non-hydrogen) atoms. The maximum atomic E-state index is 13.6. The second kappa shape index (κ2) is 11.7. The van der Waals surface area contributed by atoms with Gasteiger partial charge in [0.05, 0.1) is 13.7 Å². The van der Waals surface area contributed by atoms with E-state index in [0.717, 1.165) is 25.3 Å². The number of ether oxygens (including phenoxy) is 1. The van der Waals surface area contributed by atoms with Gasteiger partial charge in [0.15, 0.2) is 5.96 Å². The van der Waals surface area contributed by atoms with Crippen LogP contribution in [-0.2, 0) is 13.0 Å². The highest BCUT2D eigenvalue weighted by Gasteiger charge is 2.02. The van der Waals surface area contributed by atoms with E-state index in [1.807, 2.05) is 37.3 Å². The third kappa shape index (κ3) is 7.29. The molecule has 0 aliphatic carbocycles. The van der Waals surface area contributed by atoms with Crippen LogP contribution in [0.1, 0.15) is 18.1 Å². The van der Waals surface area contributed by atoms with Crippen LogP contribution >= 0.6 is 24.0 Å². The van der Waals surface area contributed by atoms with Gasteiger partial charge in [0.25, 0.3) is 0 Å². The molecule has 136 valence electrons. The summed E-state index contributed by atoms with van der Waals surface area (Å²) in [6.07, 6.45) is 0.869. The molecule has 6 heteroatoms. The van der Waals surface area contributed by atoms with Gasteiger partial charge in [-0.1, -0.05) is 30.3 Å². The third-order valence-corrected chi connectivity index (χ3v) is 3.57. The first kappa shape index (κ1) is 21.2. The molecule has 0 atom stereocenters. The average Bonchev–Trinajstić information content (AvgIpc) is 2.61. The number of hydrogen-bond acceptors (Lipinski definition) is 2. The molecule has 0 aliphatic heterocycles. The van der Waals surface area contributed by atoms with E-state index in [2.05, 4.69) is 15.6 Å². The standard InChI is InChI=1S/C19H24FN3O.HI/c1-3-21-19(23-14-16-6-4-5-7-18(16)20)22-13-12-15-8-10-17(24-2)11-9-15;/h4-11H,3,12-14H2,1-2H3,(H2,21,22,23);1H. The number of guanidine groups is 1. The Balaban J connectivity index is 0.00000312. The van der Waals surface area contributed by atoms with Crippen molar-refractivity contribution >= 4 is 29.9 Å². The lowest BCUT2D eigenvalue weighted by Crippen LogP contribution is -2.38. The van der Waals surface area contributed by atoms with Crippen molar-refractivity contribution in [2.75, 3.05) is 20.2 Å². The minimum absolute atomic E-state index is 0. The largest absolute Gasteiger partial charge is 0.497 e. The van der Waals surface area contributed by atoms with E-state index in [1.165, 1.54) is 11.6 Å². The molecule has 0 spiro atoms. The van der Waals surface area contributed by atoms with Crippen LogP contribution < -0.4 is 15.4 Å². The highest BCUT2D eigenvalue weighted by Crippen LogP contribution is 2.11. The van der Waals surface area contributed by atoms with Crippen molar-refractivity contribution in [3.63, 3.8) is 0 Å². The normalized spacial score (nSPS) is 10.8. The highest BCUT2D eigenvalue weighted by atomic mass is 127. The Morgan fingerprint density at radius 2 is 1.80 bits per heavy atom. The summed E-state index contributed by atoms with van der Waals surface area (Å²) in [5, 5.41) is 6.45. The topological polar surface area (TPSA) is 45.7 Å². The summed E-state index contributed by atoms with van der Waals surface area (Å²) in [5.41, 5.74) is 1.80. The number of nitrogens with one attached hydrogen (secondary N) is 2. The second-order valence-corrected chi connectivity index (χ2v) is 5.31. The van der Waals surface area contributed by atoms with Crippen LogP contribution in [0.15, 0.2) is 53.5 Å². The van der Waals surface area contributed by atoms with Crippen molar-refractivity contribution in [1.29, 1.82) is 0 Å². The first-order chi connectivity index (χ1) is 11.7. The lowest BCUT2D eigenvalue weighted by Gasteiger charge is -2.11. The van der Waals surface area contributed by atoms with E-state index in [-0.39, 0.29) is 29.8 Å². The maximum Gasteiger partial charge on any atom is 0.191 e. The summed E-state index contributed by atoms with van der Waals surface area (Å²) in [5.74, 6) is 1.32. The Labute approximate surface area is 165 Å². The zero-order valence-corrected chi connectivity index (χ0v) is 16.9. The number of aliphatic imine (C=N–C) groups is 1. The van der Waals surface area contributed by atoms with Crippen molar-refractivity contribution in [3.8, 4) is 5.75 Å². The van der Waals surface area contributed by atoms with Crippen LogP contribution in [0.5, 0.6) is 5.75 Å². The van der Waals surface area contributed by atoms with E-state index in [9.17, 15) is 4.39 Å². The lowest BCUT2D eigenvalue weighted by atomic mass is 10.1. The monoisotopic (exact) mass is 457 g/mol. The molecule has 0 unspecified atom stereocenters. The van der Waals surface area contributed by atoms with Gasteiger partial charge in [-0.25, -0.2) is 9.38 Å². The molecule has 0 aliphatic rings. The van der Waals surface area contributed by atoms with Crippen LogP contribution in [0.3, 0.4) is 0 Å². The molecule has 0 radical (unpaired) electrons. The van der Waals surface area contributed by atoms with Gasteiger partial charge in [-0.2, -0.15) is 0 Å². The molecule has 0 fully saturated rings. The molecule has 0 saturated heterocycles. The van der Waals surface area contributed by atoms with Gasteiger partial charge in [0.2, 0.25) is 0 Å². The van der Waals surface area contributed by atoms with Gasteiger partial charge in [0, 0.05) is 18.7 Å². The minimum Gasteiger partial charge on any atom is -0.497 e. The molecular weight excluding hydrogens is 432 g/mol. The van der Waals surface area contributed by atoms with Crippen molar-refractivity contribution in [1.82, 2.24) is 10.6 Å². The summed E-state index contributed by atoms with van der Waals surface area (Å²) in [6, 6.07) is 14.7. The molecule has 0 bridgehead atoms. The smallest absolute Gasteiger partial charge is 0.191 e. The fourth-order valence-electron chi connectivity index (χ4n) is 2.25. The molecule has 0 amide bonds. The second-order valence-electron chi connectivity index (χ2n) is 5.31. The van der Waals surface area contributed by atoms with Crippen molar-refractivity contribution in [2.24, 2.45) is 4.99 Å². The van der Waals surface area contributed by atoms with Gasteiger partial charge >= 0.3 is 0 Å². The van der Waals surface area contributed by atoms with E-state index in [0.29, 0.717) is 18.1 Å². The predicted molar refractivity (Wildman–Crippen MR) is 111 cm³/mol. The molecule has 2 aromatic carbocycles. The van der Waals surface area contributed by atoms with Crippen molar-refractivity contribution in [3.05, 3.63) is 65.5 Å². The number of rotatable bonds is 7. The third-order valence-electron chi connectivity index (χ3n) is 3.57. The lowest BCUT2D eigenvalue weighted by molar-refractivity contribution is 0.414. The number of nitrogens with zero attached hydrogens (tertiary/aromatic N) is 1. The zero-order chi connectivity index (χ0) is 17.2. The molecular formula is C19H25FIN3O. The van der Waals surface area contributed by atoms with Crippen LogP contribution in [0.25, 0.3) is 0 Å². The summed E-state index contributed by atoms with van der Waals surface area (Å²) >= 11 is 0. The van der Waals surface area contributed by atoms with Crippen molar-refractivity contribution in [2.45, 2.75) is 19.9 Å². The first-order valence-electron chi connectivity index (χ1n) is 8.11. The molecule has 0 heterocycles. The Morgan fingerprint density at radius 3 is 2.44 bits per heavy atom. The Hall–Kier alpha value is -1.83. The van der Waals surface area contributed by atoms with Gasteiger partial charge in [0.1, 0.15) is 11.6 Å². The van der Waals surface area contributed by atoms with Crippen LogP contribution in [0.2, 0.25) is 0 Å². The summed E-state index contributed by atoms with van der Waals surface area (Å²) in [6.45, 7) is 3.81. The Kier molecular flexibility index (Phi) is 9.91. The molecule has 2 aromatic rings. The van der Waals surface area contributed by atoms with Gasteiger partial charge in [-0.05, 0) is 37.1 Å².